The van der Waals surface area contributed by atoms with E-state index in [1.165, 1.54) is 15.8 Å². The van der Waals surface area contributed by atoms with Crippen molar-refractivity contribution in [2.24, 2.45) is 0 Å². The Kier molecular flexibility index (Phi) is 3.93. The topological polar surface area (TPSA) is 80.5 Å². The zero-order chi connectivity index (χ0) is 13.0. The molecular weight excluding hydrogens is 236 g/mol. The van der Waals surface area contributed by atoms with Crippen LogP contribution in [-0.2, 0) is 16.1 Å². The highest BCUT2D eigenvalue weighted by molar-refractivity contribution is 5.75. The third-order valence-corrected chi connectivity index (χ3v) is 3.15. The van der Waals surface area contributed by atoms with Gasteiger partial charge in [0.05, 0.1) is 11.8 Å². The number of carbonyl (C=O) groups is 1. The summed E-state index contributed by atoms with van der Waals surface area (Å²) < 4.78 is 6.67. The molecule has 7 heteroatoms. The second-order valence-electron chi connectivity index (χ2n) is 4.69. The highest BCUT2D eigenvalue weighted by atomic mass is 16.5. The summed E-state index contributed by atoms with van der Waals surface area (Å²) in [5.41, 5.74) is -0.828. The SMILES string of the molecule is CN(CC1(O)CCOCC1)C(=O)Cn1ccnn1. The minimum Gasteiger partial charge on any atom is -0.388 e. The number of amides is 1. The fraction of sp³-hybridized carbons (Fsp3) is 0.727. The maximum absolute atomic E-state index is 11.9. The number of nitrogens with zero attached hydrogens (tertiary/aromatic N) is 4. The van der Waals surface area contributed by atoms with E-state index in [0.717, 1.165) is 0 Å². The van der Waals surface area contributed by atoms with Gasteiger partial charge < -0.3 is 14.7 Å². The highest BCUT2D eigenvalue weighted by Crippen LogP contribution is 2.21. The molecule has 1 saturated heterocycles. The van der Waals surface area contributed by atoms with Gasteiger partial charge in [-0.2, -0.15) is 0 Å². The lowest BCUT2D eigenvalue weighted by molar-refractivity contribution is -0.137. The molecule has 7 nitrogen and oxygen atoms in total. The van der Waals surface area contributed by atoms with Gasteiger partial charge in [0.1, 0.15) is 6.54 Å². The second-order valence-corrected chi connectivity index (χ2v) is 4.69. The molecule has 1 aliphatic rings. The van der Waals surface area contributed by atoms with Crippen molar-refractivity contribution in [3.8, 4) is 0 Å². The first-order valence-corrected chi connectivity index (χ1v) is 5.97. The maximum atomic E-state index is 11.9. The van der Waals surface area contributed by atoms with Crippen molar-refractivity contribution in [2.45, 2.75) is 25.0 Å². The van der Waals surface area contributed by atoms with Crippen LogP contribution in [-0.4, -0.2) is 63.3 Å². The number of aliphatic hydroxyl groups is 1. The molecule has 1 aliphatic heterocycles. The summed E-state index contributed by atoms with van der Waals surface area (Å²) in [6.45, 7) is 1.55. The zero-order valence-electron chi connectivity index (χ0n) is 10.4. The Bertz CT molecular complexity index is 387. The average Bonchev–Trinajstić information content (AvgIpc) is 2.82. The Morgan fingerprint density at radius 1 is 1.56 bits per heavy atom. The summed E-state index contributed by atoms with van der Waals surface area (Å²) in [6, 6.07) is 0. The molecule has 0 spiro atoms. The van der Waals surface area contributed by atoms with Crippen LogP contribution in [0.1, 0.15) is 12.8 Å². The lowest BCUT2D eigenvalue weighted by Gasteiger charge is -2.35. The number of likely N-dealkylation sites (N-methyl/N-ethyl adjacent to an activating group) is 1. The van der Waals surface area contributed by atoms with Crippen LogP contribution in [0, 0.1) is 0 Å². The van der Waals surface area contributed by atoms with E-state index >= 15 is 0 Å². The maximum Gasteiger partial charge on any atom is 0.244 e. The van der Waals surface area contributed by atoms with Gasteiger partial charge in [-0.3, -0.25) is 4.79 Å². The quantitative estimate of drug-likeness (QED) is 0.767. The number of aromatic nitrogens is 3. The first-order chi connectivity index (χ1) is 8.59. The fourth-order valence-electron chi connectivity index (χ4n) is 2.02. The molecule has 1 aromatic heterocycles. The van der Waals surface area contributed by atoms with Crippen LogP contribution in [0.3, 0.4) is 0 Å². The number of ether oxygens (including phenoxy) is 1. The molecule has 0 saturated carbocycles. The molecule has 0 aliphatic carbocycles. The summed E-state index contributed by atoms with van der Waals surface area (Å²) >= 11 is 0. The zero-order valence-corrected chi connectivity index (χ0v) is 10.4. The summed E-state index contributed by atoms with van der Waals surface area (Å²) in [7, 11) is 1.69. The van der Waals surface area contributed by atoms with Gasteiger partial charge in [0.2, 0.25) is 5.91 Å². The minimum atomic E-state index is -0.828. The largest absolute Gasteiger partial charge is 0.388 e. The van der Waals surface area contributed by atoms with Crippen LogP contribution in [0.15, 0.2) is 12.4 Å². The van der Waals surface area contributed by atoms with E-state index in [-0.39, 0.29) is 12.5 Å². The van der Waals surface area contributed by atoms with Crippen molar-refractivity contribution in [1.82, 2.24) is 19.9 Å². The second kappa shape index (κ2) is 5.45. The van der Waals surface area contributed by atoms with Gasteiger partial charge in [-0.15, -0.1) is 5.10 Å². The lowest BCUT2D eigenvalue weighted by Crippen LogP contribution is -2.48. The Morgan fingerprint density at radius 3 is 2.89 bits per heavy atom. The van der Waals surface area contributed by atoms with E-state index in [9.17, 15) is 9.90 Å². The minimum absolute atomic E-state index is 0.0968. The van der Waals surface area contributed by atoms with E-state index in [1.807, 2.05) is 0 Å². The monoisotopic (exact) mass is 254 g/mol. The van der Waals surface area contributed by atoms with Crippen LogP contribution in [0.5, 0.6) is 0 Å². The molecule has 0 atom stereocenters. The molecule has 18 heavy (non-hydrogen) atoms. The van der Waals surface area contributed by atoms with Crippen LogP contribution >= 0.6 is 0 Å². The fourth-order valence-corrected chi connectivity index (χ4v) is 2.02. The summed E-state index contributed by atoms with van der Waals surface area (Å²) in [5.74, 6) is -0.0968. The Morgan fingerprint density at radius 2 is 2.28 bits per heavy atom. The number of hydrogen-bond donors (Lipinski definition) is 1. The molecule has 2 heterocycles. The molecular formula is C11H18N4O3. The Balaban J connectivity index is 1.86. The summed E-state index contributed by atoms with van der Waals surface area (Å²) in [6.07, 6.45) is 4.29. The molecule has 100 valence electrons. The van der Waals surface area contributed by atoms with E-state index in [4.69, 9.17) is 4.74 Å². The van der Waals surface area contributed by atoms with Gasteiger partial charge >= 0.3 is 0 Å². The molecule has 1 amide bonds. The van der Waals surface area contributed by atoms with Gasteiger partial charge in [0, 0.05) is 45.8 Å². The normalized spacial score (nSPS) is 18.6. The van der Waals surface area contributed by atoms with Gasteiger partial charge in [-0.25, -0.2) is 4.68 Å². The molecule has 2 rings (SSSR count). The summed E-state index contributed by atoms with van der Waals surface area (Å²) in [4.78, 5) is 13.5. The van der Waals surface area contributed by atoms with Gasteiger partial charge in [-0.05, 0) is 0 Å². The molecule has 0 bridgehead atoms. The summed E-state index contributed by atoms with van der Waals surface area (Å²) in [5, 5.41) is 17.7. The van der Waals surface area contributed by atoms with Crippen LogP contribution < -0.4 is 0 Å². The first kappa shape index (κ1) is 13.0. The van der Waals surface area contributed by atoms with Crippen molar-refractivity contribution in [3.63, 3.8) is 0 Å². The molecule has 1 N–H and O–H groups in total. The van der Waals surface area contributed by atoms with E-state index < -0.39 is 5.60 Å². The number of hydrogen-bond acceptors (Lipinski definition) is 5. The van der Waals surface area contributed by atoms with E-state index in [1.54, 1.807) is 13.2 Å². The number of rotatable bonds is 4. The van der Waals surface area contributed by atoms with Crippen molar-refractivity contribution in [2.75, 3.05) is 26.8 Å². The average molecular weight is 254 g/mol. The van der Waals surface area contributed by atoms with Gasteiger partial charge in [-0.1, -0.05) is 5.21 Å². The third kappa shape index (κ3) is 3.27. The van der Waals surface area contributed by atoms with E-state index in [0.29, 0.717) is 32.6 Å². The van der Waals surface area contributed by atoms with Gasteiger partial charge in [0.15, 0.2) is 0 Å². The predicted molar refractivity (Wildman–Crippen MR) is 62.7 cm³/mol. The van der Waals surface area contributed by atoms with Gasteiger partial charge in [0.25, 0.3) is 0 Å². The van der Waals surface area contributed by atoms with Crippen molar-refractivity contribution < 1.29 is 14.6 Å². The number of carbonyl (C=O) groups excluding carboxylic acids is 1. The Hall–Kier alpha value is -1.47. The highest BCUT2D eigenvalue weighted by Gasteiger charge is 2.32. The van der Waals surface area contributed by atoms with Crippen molar-refractivity contribution >= 4 is 5.91 Å². The smallest absolute Gasteiger partial charge is 0.244 e. The standard InChI is InChI=1S/C11H18N4O3/c1-14(9-11(17)2-6-18-7-3-11)10(16)8-15-5-4-12-13-15/h4-5,17H,2-3,6-9H2,1H3. The Labute approximate surface area is 105 Å². The third-order valence-electron chi connectivity index (χ3n) is 3.15. The molecule has 1 aromatic rings. The van der Waals surface area contributed by atoms with Crippen LogP contribution in [0.2, 0.25) is 0 Å². The van der Waals surface area contributed by atoms with Crippen LogP contribution in [0.4, 0.5) is 0 Å². The van der Waals surface area contributed by atoms with Crippen molar-refractivity contribution in [3.05, 3.63) is 12.4 Å². The molecule has 0 aromatic carbocycles. The molecule has 0 radical (unpaired) electrons. The van der Waals surface area contributed by atoms with Crippen molar-refractivity contribution in [1.29, 1.82) is 0 Å². The predicted octanol–water partition coefficient (Wildman–Crippen LogP) is -0.722. The lowest BCUT2D eigenvalue weighted by atomic mass is 9.94. The molecule has 0 unspecified atom stereocenters. The molecule has 1 fully saturated rings. The first-order valence-electron chi connectivity index (χ1n) is 5.97. The van der Waals surface area contributed by atoms with E-state index in [2.05, 4.69) is 10.3 Å². The van der Waals surface area contributed by atoms with Crippen LogP contribution in [0.25, 0.3) is 0 Å².